The quantitative estimate of drug-likeness (QED) is 0.628. The SMILES string of the molecule is CC(C)C[C@@H](c1cc(C(C)(C)C)cc(C(C)(C)C)c1O)N1CCNCC1.Cl.Cl. The number of hydrogen-bond acceptors (Lipinski definition) is 3. The summed E-state index contributed by atoms with van der Waals surface area (Å²) in [5.74, 6) is 1.10. The maximum Gasteiger partial charge on any atom is 0.124 e. The number of piperazine rings is 1. The molecule has 0 radical (unpaired) electrons. The highest BCUT2D eigenvalue weighted by molar-refractivity contribution is 5.85. The fourth-order valence-electron chi connectivity index (χ4n) is 3.83. The van der Waals surface area contributed by atoms with Crippen molar-refractivity contribution < 1.29 is 5.11 Å². The Hall–Kier alpha value is -0.480. The van der Waals surface area contributed by atoms with Gasteiger partial charge in [-0.25, -0.2) is 0 Å². The van der Waals surface area contributed by atoms with Crippen LogP contribution in [0.3, 0.4) is 0 Å². The van der Waals surface area contributed by atoms with Gasteiger partial charge in [-0.05, 0) is 40.4 Å². The molecule has 0 bridgehead atoms. The van der Waals surface area contributed by atoms with Gasteiger partial charge in [-0.3, -0.25) is 4.90 Å². The van der Waals surface area contributed by atoms with E-state index in [0.29, 0.717) is 11.7 Å². The molecular weight excluding hydrogens is 391 g/mol. The van der Waals surface area contributed by atoms with Gasteiger partial charge in [0.1, 0.15) is 5.75 Å². The van der Waals surface area contributed by atoms with Crippen LogP contribution in [0.5, 0.6) is 5.75 Å². The van der Waals surface area contributed by atoms with Gasteiger partial charge >= 0.3 is 0 Å². The van der Waals surface area contributed by atoms with Crippen LogP contribution in [-0.4, -0.2) is 36.2 Å². The molecule has 1 heterocycles. The maximum atomic E-state index is 11.3. The van der Waals surface area contributed by atoms with E-state index in [9.17, 15) is 5.11 Å². The molecule has 5 heteroatoms. The first kappa shape index (κ1) is 27.5. The second-order valence-electron chi connectivity index (χ2n) is 10.4. The molecule has 2 rings (SSSR count). The van der Waals surface area contributed by atoms with E-state index in [1.807, 2.05) is 0 Å². The molecule has 1 aromatic rings. The smallest absolute Gasteiger partial charge is 0.124 e. The van der Waals surface area contributed by atoms with Crippen molar-refractivity contribution in [3.05, 3.63) is 28.8 Å². The number of phenolic OH excluding ortho intramolecular Hbond substituents is 1. The molecule has 0 spiro atoms. The van der Waals surface area contributed by atoms with Crippen molar-refractivity contribution in [2.45, 2.75) is 78.7 Å². The molecule has 0 aromatic heterocycles. The monoisotopic (exact) mass is 432 g/mol. The molecule has 1 saturated heterocycles. The van der Waals surface area contributed by atoms with Crippen LogP contribution < -0.4 is 5.32 Å². The summed E-state index contributed by atoms with van der Waals surface area (Å²) in [6.07, 6.45) is 1.07. The zero-order chi connectivity index (χ0) is 19.7. The minimum absolute atomic E-state index is 0. The normalized spacial score (nSPS) is 17.0. The third kappa shape index (κ3) is 6.79. The largest absolute Gasteiger partial charge is 0.507 e. The van der Waals surface area contributed by atoms with E-state index < -0.39 is 0 Å². The van der Waals surface area contributed by atoms with Crippen molar-refractivity contribution in [3.8, 4) is 5.75 Å². The lowest BCUT2D eigenvalue weighted by Gasteiger charge is -2.38. The predicted octanol–water partition coefficient (Wildman–Crippen LogP) is 5.82. The predicted molar refractivity (Wildman–Crippen MR) is 127 cm³/mol. The van der Waals surface area contributed by atoms with Crippen LogP contribution in [0.2, 0.25) is 0 Å². The molecule has 0 aliphatic carbocycles. The summed E-state index contributed by atoms with van der Waals surface area (Å²) in [7, 11) is 0. The summed E-state index contributed by atoms with van der Waals surface area (Å²) < 4.78 is 0. The second kappa shape index (κ2) is 10.5. The summed E-state index contributed by atoms with van der Waals surface area (Å²) in [4.78, 5) is 2.56. The number of aromatic hydroxyl groups is 1. The number of nitrogens with one attached hydrogen (secondary N) is 1. The molecule has 0 unspecified atom stereocenters. The summed E-state index contributed by atoms with van der Waals surface area (Å²) in [6.45, 7) is 22.1. The standard InChI is InChI=1S/C23H40N2O.2ClH/c1-16(2)13-20(25-11-9-24-10-12-25)18-14-17(22(3,4)5)15-19(21(18)26)23(6,7)8;;/h14-16,20,24,26H,9-13H2,1-8H3;2*1H/t20-;;/m0../s1. The summed E-state index contributed by atoms with van der Waals surface area (Å²) in [5, 5.41) is 14.7. The molecule has 1 aromatic carbocycles. The minimum Gasteiger partial charge on any atom is -0.507 e. The number of nitrogens with zero attached hydrogens (tertiary/aromatic N) is 1. The van der Waals surface area contributed by atoms with Gasteiger partial charge in [0.15, 0.2) is 0 Å². The molecule has 1 fully saturated rings. The van der Waals surface area contributed by atoms with Crippen molar-refractivity contribution >= 4 is 24.8 Å². The van der Waals surface area contributed by atoms with Crippen LogP contribution in [0.4, 0.5) is 0 Å². The Bertz CT molecular complexity index is 612. The number of benzene rings is 1. The lowest BCUT2D eigenvalue weighted by atomic mass is 9.77. The zero-order valence-electron chi connectivity index (χ0n) is 19.1. The van der Waals surface area contributed by atoms with E-state index in [0.717, 1.165) is 43.7 Å². The highest BCUT2D eigenvalue weighted by Crippen LogP contribution is 2.42. The zero-order valence-corrected chi connectivity index (χ0v) is 20.7. The van der Waals surface area contributed by atoms with Crippen LogP contribution >= 0.6 is 24.8 Å². The molecular formula is C23H42Cl2N2O. The van der Waals surface area contributed by atoms with Crippen molar-refractivity contribution in [2.75, 3.05) is 26.2 Å². The van der Waals surface area contributed by atoms with E-state index in [4.69, 9.17) is 0 Å². The summed E-state index contributed by atoms with van der Waals surface area (Å²) >= 11 is 0. The Balaban J connectivity index is 0.00000364. The van der Waals surface area contributed by atoms with E-state index in [2.05, 4.69) is 77.7 Å². The molecule has 28 heavy (non-hydrogen) atoms. The van der Waals surface area contributed by atoms with E-state index in [1.54, 1.807) is 0 Å². The first-order valence-electron chi connectivity index (χ1n) is 10.2. The number of hydrogen-bond donors (Lipinski definition) is 2. The third-order valence-corrected chi connectivity index (χ3v) is 5.46. The molecule has 1 atom stereocenters. The van der Waals surface area contributed by atoms with Crippen LogP contribution in [-0.2, 0) is 10.8 Å². The Morgan fingerprint density at radius 1 is 0.964 bits per heavy atom. The van der Waals surface area contributed by atoms with E-state index >= 15 is 0 Å². The topological polar surface area (TPSA) is 35.5 Å². The van der Waals surface area contributed by atoms with Gasteiger partial charge in [0.05, 0.1) is 0 Å². The molecule has 0 saturated carbocycles. The molecule has 3 nitrogen and oxygen atoms in total. The summed E-state index contributed by atoms with van der Waals surface area (Å²) in [6, 6.07) is 4.78. The van der Waals surface area contributed by atoms with Gasteiger partial charge in [-0.1, -0.05) is 61.5 Å². The van der Waals surface area contributed by atoms with E-state index in [-0.39, 0.29) is 41.7 Å². The third-order valence-electron chi connectivity index (χ3n) is 5.46. The average Bonchev–Trinajstić information content (AvgIpc) is 2.51. The molecule has 1 aliphatic heterocycles. The van der Waals surface area contributed by atoms with Crippen molar-refractivity contribution in [1.29, 1.82) is 0 Å². The van der Waals surface area contributed by atoms with Gasteiger partial charge in [0.25, 0.3) is 0 Å². The lowest BCUT2D eigenvalue weighted by molar-refractivity contribution is 0.151. The summed E-state index contributed by atoms with van der Waals surface area (Å²) in [5.41, 5.74) is 3.50. The highest BCUT2D eigenvalue weighted by Gasteiger charge is 2.31. The first-order valence-corrected chi connectivity index (χ1v) is 10.2. The van der Waals surface area contributed by atoms with Crippen molar-refractivity contribution in [3.63, 3.8) is 0 Å². The fraction of sp³-hybridized carbons (Fsp3) is 0.739. The number of phenols is 1. The van der Waals surface area contributed by atoms with Crippen LogP contribution in [0.25, 0.3) is 0 Å². The van der Waals surface area contributed by atoms with Crippen LogP contribution in [0, 0.1) is 5.92 Å². The van der Waals surface area contributed by atoms with Gasteiger partial charge in [-0.15, -0.1) is 24.8 Å². The highest BCUT2D eigenvalue weighted by atomic mass is 35.5. The molecule has 2 N–H and O–H groups in total. The average molecular weight is 434 g/mol. The molecule has 0 amide bonds. The van der Waals surface area contributed by atoms with Gasteiger partial charge in [0.2, 0.25) is 0 Å². The fourth-order valence-corrected chi connectivity index (χ4v) is 3.83. The Morgan fingerprint density at radius 2 is 1.50 bits per heavy atom. The van der Waals surface area contributed by atoms with Crippen molar-refractivity contribution in [2.24, 2.45) is 5.92 Å². The van der Waals surface area contributed by atoms with Crippen LogP contribution in [0.1, 0.15) is 84.5 Å². The Kier molecular flexibility index (Phi) is 10.3. The molecule has 164 valence electrons. The van der Waals surface area contributed by atoms with Gasteiger partial charge in [-0.2, -0.15) is 0 Å². The number of rotatable bonds is 4. The van der Waals surface area contributed by atoms with Crippen molar-refractivity contribution in [1.82, 2.24) is 10.2 Å². The molecule has 1 aliphatic rings. The number of halogens is 2. The first-order chi connectivity index (χ1) is 11.9. The lowest BCUT2D eigenvalue weighted by Crippen LogP contribution is -2.45. The Morgan fingerprint density at radius 3 is 1.93 bits per heavy atom. The Labute approximate surface area is 185 Å². The van der Waals surface area contributed by atoms with Crippen LogP contribution in [0.15, 0.2) is 12.1 Å². The minimum atomic E-state index is -0.0775. The van der Waals surface area contributed by atoms with Gasteiger partial charge < -0.3 is 10.4 Å². The van der Waals surface area contributed by atoms with E-state index in [1.165, 1.54) is 5.56 Å². The second-order valence-corrected chi connectivity index (χ2v) is 10.4. The van der Waals surface area contributed by atoms with Gasteiger partial charge in [0, 0.05) is 37.8 Å². The maximum absolute atomic E-state index is 11.3.